The number of rotatable bonds is 8. The lowest BCUT2D eigenvalue weighted by Gasteiger charge is -2.38. The third-order valence-electron chi connectivity index (χ3n) is 3.83. The van der Waals surface area contributed by atoms with Crippen LogP contribution in [-0.2, 0) is 14.8 Å². The van der Waals surface area contributed by atoms with E-state index in [9.17, 15) is 8.42 Å². The van der Waals surface area contributed by atoms with Crippen LogP contribution in [0.4, 0.5) is 5.69 Å². The molecule has 1 aliphatic carbocycles. The molecule has 1 aliphatic rings. The van der Waals surface area contributed by atoms with E-state index >= 15 is 0 Å². The fourth-order valence-electron chi connectivity index (χ4n) is 2.96. The zero-order valence-electron chi connectivity index (χ0n) is 16.1. The van der Waals surface area contributed by atoms with Gasteiger partial charge in [0, 0.05) is 18.7 Å². The molecule has 0 aromatic heterocycles. The van der Waals surface area contributed by atoms with Crippen LogP contribution in [0.3, 0.4) is 0 Å². The molecule has 1 atom stereocenters. The van der Waals surface area contributed by atoms with Crippen molar-refractivity contribution >= 4 is 15.7 Å². The normalized spacial score (nSPS) is 20.7. The van der Waals surface area contributed by atoms with E-state index in [2.05, 4.69) is 28.2 Å². The second kappa shape index (κ2) is 8.37. The van der Waals surface area contributed by atoms with E-state index in [0.717, 1.165) is 31.3 Å². The molecule has 0 radical (unpaired) electrons. The van der Waals surface area contributed by atoms with Crippen molar-refractivity contribution in [2.24, 2.45) is 0 Å². The second-order valence-corrected chi connectivity index (χ2v) is 9.44. The molecule has 6 heteroatoms. The molecule has 0 fully saturated rings. The molecule has 0 aliphatic heterocycles. The van der Waals surface area contributed by atoms with Crippen molar-refractivity contribution in [3.8, 4) is 0 Å². The molecule has 0 amide bonds. The molecule has 5 nitrogen and oxygen atoms in total. The summed E-state index contributed by atoms with van der Waals surface area (Å²) in [5, 5.41) is 3.39. The molecule has 144 valence electrons. The summed E-state index contributed by atoms with van der Waals surface area (Å²) in [6, 6.07) is 10.1. The van der Waals surface area contributed by atoms with Crippen LogP contribution in [-0.4, -0.2) is 32.5 Å². The Balaban J connectivity index is 1.90. The lowest BCUT2D eigenvalue weighted by Crippen LogP contribution is -2.52. The predicted molar refractivity (Wildman–Crippen MR) is 108 cm³/mol. The van der Waals surface area contributed by atoms with Gasteiger partial charge in [-0.1, -0.05) is 35.9 Å². The number of para-hydroxylation sites is 1. The highest BCUT2D eigenvalue weighted by Gasteiger charge is 2.36. The zero-order valence-corrected chi connectivity index (χ0v) is 16.9. The number of sulfonamides is 1. The standard InChI is InChI=1S/C20H30N2O3S/c1-19(2,3)25-20(22-26(4,23)24)14-12-17(13-15-20)9-8-16-21-18-10-6-5-7-11-18/h5-7,10-14,21-22H,8-9,15-16H2,1-4H3. The van der Waals surface area contributed by atoms with E-state index in [1.165, 1.54) is 5.57 Å². The van der Waals surface area contributed by atoms with Gasteiger partial charge in [-0.2, -0.15) is 4.72 Å². The maximum Gasteiger partial charge on any atom is 0.211 e. The van der Waals surface area contributed by atoms with Crippen LogP contribution in [0.25, 0.3) is 0 Å². The molecular formula is C20H30N2O3S. The number of anilines is 1. The molecular weight excluding hydrogens is 348 g/mol. The van der Waals surface area contributed by atoms with Crippen molar-refractivity contribution in [3.05, 3.63) is 54.1 Å². The van der Waals surface area contributed by atoms with Crippen molar-refractivity contribution in [2.45, 2.75) is 51.4 Å². The Morgan fingerprint density at radius 1 is 1.19 bits per heavy atom. The molecule has 1 aromatic rings. The van der Waals surface area contributed by atoms with Gasteiger partial charge in [0.2, 0.25) is 10.0 Å². The predicted octanol–water partition coefficient (Wildman–Crippen LogP) is 3.83. The van der Waals surface area contributed by atoms with Gasteiger partial charge in [0.25, 0.3) is 0 Å². The smallest absolute Gasteiger partial charge is 0.211 e. The lowest BCUT2D eigenvalue weighted by molar-refractivity contribution is -0.110. The van der Waals surface area contributed by atoms with Gasteiger partial charge in [-0.05, 0) is 51.8 Å². The average molecular weight is 379 g/mol. The van der Waals surface area contributed by atoms with Crippen LogP contribution in [0.2, 0.25) is 0 Å². The quantitative estimate of drug-likeness (QED) is 0.533. The van der Waals surface area contributed by atoms with E-state index < -0.39 is 21.3 Å². The topological polar surface area (TPSA) is 67.4 Å². The van der Waals surface area contributed by atoms with Gasteiger partial charge in [-0.15, -0.1) is 0 Å². The van der Waals surface area contributed by atoms with Crippen molar-refractivity contribution in [1.29, 1.82) is 0 Å². The molecule has 26 heavy (non-hydrogen) atoms. The Labute approximate surface area is 157 Å². The molecule has 1 aromatic carbocycles. The first-order valence-corrected chi connectivity index (χ1v) is 10.8. The minimum Gasteiger partial charge on any atom is -0.385 e. The van der Waals surface area contributed by atoms with Gasteiger partial charge in [-0.25, -0.2) is 8.42 Å². The van der Waals surface area contributed by atoms with Crippen molar-refractivity contribution in [2.75, 3.05) is 18.1 Å². The summed E-state index contributed by atoms with van der Waals surface area (Å²) in [5.74, 6) is 0. The monoisotopic (exact) mass is 378 g/mol. The van der Waals surface area contributed by atoms with E-state index in [-0.39, 0.29) is 0 Å². The minimum absolute atomic E-state index is 0.465. The van der Waals surface area contributed by atoms with Gasteiger partial charge in [0.05, 0.1) is 11.9 Å². The van der Waals surface area contributed by atoms with E-state index in [4.69, 9.17) is 4.74 Å². The van der Waals surface area contributed by atoms with Crippen LogP contribution in [0.15, 0.2) is 54.1 Å². The Morgan fingerprint density at radius 2 is 1.88 bits per heavy atom. The maximum atomic E-state index is 11.8. The van der Waals surface area contributed by atoms with Crippen LogP contribution >= 0.6 is 0 Å². The molecule has 1 unspecified atom stereocenters. The van der Waals surface area contributed by atoms with Crippen molar-refractivity contribution in [3.63, 3.8) is 0 Å². The van der Waals surface area contributed by atoms with Gasteiger partial charge in [0.1, 0.15) is 0 Å². The Morgan fingerprint density at radius 3 is 2.42 bits per heavy atom. The molecule has 2 N–H and O–H groups in total. The minimum atomic E-state index is -3.39. The van der Waals surface area contributed by atoms with Crippen LogP contribution < -0.4 is 10.0 Å². The highest BCUT2D eigenvalue weighted by molar-refractivity contribution is 7.88. The molecule has 0 saturated carbocycles. The molecule has 0 heterocycles. The first-order valence-electron chi connectivity index (χ1n) is 8.93. The summed E-state index contributed by atoms with van der Waals surface area (Å²) in [6.07, 6.45) is 9.43. The first kappa shape index (κ1) is 20.7. The van der Waals surface area contributed by atoms with Crippen molar-refractivity contribution in [1.82, 2.24) is 4.72 Å². The largest absolute Gasteiger partial charge is 0.385 e. The molecule has 0 saturated heterocycles. The molecule has 0 spiro atoms. The van der Waals surface area contributed by atoms with Crippen LogP contribution in [0, 0.1) is 0 Å². The summed E-state index contributed by atoms with van der Waals surface area (Å²) in [5.41, 5.74) is 0.837. The number of hydrogen-bond acceptors (Lipinski definition) is 4. The summed E-state index contributed by atoms with van der Waals surface area (Å²) < 4.78 is 32.2. The Kier molecular flexibility index (Phi) is 6.66. The number of ether oxygens (including phenoxy) is 1. The third-order valence-corrected chi connectivity index (χ3v) is 4.54. The zero-order chi connectivity index (χ0) is 19.3. The Hall–Kier alpha value is -1.63. The number of hydrogen-bond donors (Lipinski definition) is 2. The van der Waals surface area contributed by atoms with Gasteiger partial charge < -0.3 is 10.1 Å². The lowest BCUT2D eigenvalue weighted by atomic mass is 9.96. The first-order chi connectivity index (χ1) is 12.1. The van der Waals surface area contributed by atoms with E-state index in [0.29, 0.717) is 6.42 Å². The highest BCUT2D eigenvalue weighted by Crippen LogP contribution is 2.29. The number of benzene rings is 1. The Bertz CT molecular complexity index is 749. The van der Waals surface area contributed by atoms with Crippen LogP contribution in [0.5, 0.6) is 0 Å². The molecule has 2 rings (SSSR count). The van der Waals surface area contributed by atoms with E-state index in [1.807, 2.05) is 51.1 Å². The summed E-state index contributed by atoms with van der Waals surface area (Å²) in [6.45, 7) is 6.64. The van der Waals surface area contributed by atoms with Crippen molar-refractivity contribution < 1.29 is 13.2 Å². The fourth-order valence-corrected chi connectivity index (χ4v) is 3.78. The molecule has 0 bridgehead atoms. The second-order valence-electron chi connectivity index (χ2n) is 7.69. The average Bonchev–Trinajstić information content (AvgIpc) is 2.51. The van der Waals surface area contributed by atoms with Crippen LogP contribution in [0.1, 0.15) is 40.0 Å². The summed E-state index contributed by atoms with van der Waals surface area (Å²) in [7, 11) is -3.39. The van der Waals surface area contributed by atoms with Gasteiger partial charge in [0.15, 0.2) is 5.72 Å². The third kappa shape index (κ3) is 7.32. The summed E-state index contributed by atoms with van der Waals surface area (Å²) >= 11 is 0. The van der Waals surface area contributed by atoms with Gasteiger partial charge in [-0.3, -0.25) is 0 Å². The van der Waals surface area contributed by atoms with E-state index in [1.54, 1.807) is 0 Å². The number of nitrogens with one attached hydrogen (secondary N) is 2. The maximum absolute atomic E-state index is 11.8. The SMILES string of the molecule is CC(C)(C)OC1(NS(C)(=O)=O)C=CC(CCCNc2ccccc2)=CC1. The number of allylic oxidation sites excluding steroid dienone is 2. The van der Waals surface area contributed by atoms with Gasteiger partial charge >= 0.3 is 0 Å². The highest BCUT2D eigenvalue weighted by atomic mass is 32.2. The fraction of sp³-hybridized carbons (Fsp3) is 0.500. The summed E-state index contributed by atoms with van der Waals surface area (Å²) in [4.78, 5) is 0.